The van der Waals surface area contributed by atoms with E-state index in [0.717, 1.165) is 24.1 Å². The number of carbonyl (C=O) groups is 1. The van der Waals surface area contributed by atoms with E-state index in [9.17, 15) is 14.4 Å². The lowest BCUT2D eigenvalue weighted by atomic mass is 10.00. The Balaban J connectivity index is 1.70. The van der Waals surface area contributed by atoms with Crippen molar-refractivity contribution in [3.63, 3.8) is 0 Å². The molecule has 5 rings (SSSR count). The van der Waals surface area contributed by atoms with Gasteiger partial charge < -0.3 is 4.90 Å². The lowest BCUT2D eigenvalue weighted by Crippen LogP contribution is -2.36. The molecule has 1 aromatic carbocycles. The van der Waals surface area contributed by atoms with Crippen molar-refractivity contribution < 1.29 is 4.79 Å². The first kappa shape index (κ1) is 22.7. The number of nitrogens with zero attached hydrogens (tertiary/aromatic N) is 4. The van der Waals surface area contributed by atoms with E-state index < -0.39 is 17.3 Å². The number of benzene rings is 1. The summed E-state index contributed by atoms with van der Waals surface area (Å²) in [6.07, 6.45) is 4.34. The smallest absolute Gasteiger partial charge is 0.329 e. The monoisotopic (exact) mass is 469 g/mol. The molecule has 3 heterocycles. The second-order valence-electron chi connectivity index (χ2n) is 8.96. The maximum Gasteiger partial charge on any atom is 0.329 e. The van der Waals surface area contributed by atoms with Gasteiger partial charge in [0.2, 0.25) is 0 Å². The van der Waals surface area contributed by atoms with Gasteiger partial charge in [-0.25, -0.2) is 9.78 Å². The molecule has 178 valence electrons. The van der Waals surface area contributed by atoms with Crippen LogP contribution in [0.15, 0.2) is 70.4 Å². The molecule has 1 unspecified atom stereocenters. The van der Waals surface area contributed by atoms with Crippen LogP contribution in [0.5, 0.6) is 0 Å². The number of carbonyl (C=O) groups excluding carboxylic acids is 1. The van der Waals surface area contributed by atoms with Crippen molar-refractivity contribution in [1.82, 2.24) is 24.4 Å². The summed E-state index contributed by atoms with van der Waals surface area (Å²) in [6.45, 7) is 2.35. The number of H-pyrrole nitrogens is 1. The Morgan fingerprint density at radius 2 is 1.89 bits per heavy atom. The van der Waals surface area contributed by atoms with Crippen LogP contribution >= 0.6 is 0 Å². The fourth-order valence-electron chi connectivity index (χ4n) is 4.55. The molecular formula is C27H27N5O3. The zero-order valence-corrected chi connectivity index (χ0v) is 19.8. The van der Waals surface area contributed by atoms with E-state index >= 15 is 0 Å². The molecule has 4 aromatic rings. The van der Waals surface area contributed by atoms with E-state index in [4.69, 9.17) is 4.98 Å². The molecule has 0 saturated heterocycles. The Morgan fingerprint density at radius 3 is 2.54 bits per heavy atom. The van der Waals surface area contributed by atoms with Gasteiger partial charge in [-0.05, 0) is 43.0 Å². The first-order chi connectivity index (χ1) is 17.0. The fourth-order valence-corrected chi connectivity index (χ4v) is 4.55. The summed E-state index contributed by atoms with van der Waals surface area (Å²) in [5.74, 6) is -0.0903. The highest BCUT2D eigenvalue weighted by Crippen LogP contribution is 2.40. The van der Waals surface area contributed by atoms with Gasteiger partial charge in [-0.15, -0.1) is 0 Å². The van der Waals surface area contributed by atoms with Crippen LogP contribution in [0, 0.1) is 0 Å². The van der Waals surface area contributed by atoms with E-state index in [2.05, 4.69) is 9.97 Å². The van der Waals surface area contributed by atoms with Gasteiger partial charge in [0.15, 0.2) is 5.65 Å². The highest BCUT2D eigenvalue weighted by molar-refractivity contribution is 6.05. The van der Waals surface area contributed by atoms with Crippen LogP contribution in [-0.2, 0) is 6.54 Å². The molecule has 0 aliphatic heterocycles. The summed E-state index contributed by atoms with van der Waals surface area (Å²) in [5.41, 5.74) is 1.79. The Morgan fingerprint density at radius 1 is 1.14 bits per heavy atom. The Hall–Kier alpha value is -4.07. The molecule has 8 nitrogen and oxygen atoms in total. The number of amides is 1. The second kappa shape index (κ2) is 9.29. The molecule has 1 aliphatic rings. The normalized spacial score (nSPS) is 14.1. The first-order valence-electron chi connectivity index (χ1n) is 11.9. The Kier molecular flexibility index (Phi) is 6.03. The van der Waals surface area contributed by atoms with Crippen molar-refractivity contribution in [3.8, 4) is 0 Å². The van der Waals surface area contributed by atoms with Crippen LogP contribution in [0.3, 0.4) is 0 Å². The maximum atomic E-state index is 14.1. The van der Waals surface area contributed by atoms with Crippen LogP contribution in [-0.4, -0.2) is 37.4 Å². The molecule has 35 heavy (non-hydrogen) atoms. The fraction of sp³-hybridized carbons (Fsp3) is 0.296. The number of pyridine rings is 2. The van der Waals surface area contributed by atoms with Gasteiger partial charge in [0, 0.05) is 31.4 Å². The van der Waals surface area contributed by atoms with Crippen molar-refractivity contribution in [3.05, 3.63) is 104 Å². The summed E-state index contributed by atoms with van der Waals surface area (Å²) in [5, 5.41) is 0.145. The molecule has 8 heteroatoms. The number of aromatic nitrogens is 4. The van der Waals surface area contributed by atoms with Gasteiger partial charge in [0.25, 0.3) is 11.5 Å². The molecule has 1 aliphatic carbocycles. The number of aryl methyl sites for hydroxylation is 1. The summed E-state index contributed by atoms with van der Waals surface area (Å²) in [6, 6.07) is 16.5. The summed E-state index contributed by atoms with van der Waals surface area (Å²) < 4.78 is 1.47. The van der Waals surface area contributed by atoms with Crippen LogP contribution < -0.4 is 11.2 Å². The standard InChI is InChI=1S/C27H27N5O3/c1-3-15-32-24-22(25(33)30-27(32)35)19(16-21(29-24)17-12-13-17)26(34)31(2)23(18-9-5-4-6-10-18)20-11-7-8-14-28-20/h4-11,14,16-17,23H,3,12-13,15H2,1-2H3,(H,30,33,35). The number of aromatic amines is 1. The van der Waals surface area contributed by atoms with E-state index in [-0.39, 0.29) is 28.4 Å². The second-order valence-corrected chi connectivity index (χ2v) is 8.96. The lowest BCUT2D eigenvalue weighted by molar-refractivity contribution is 0.0754. The van der Waals surface area contributed by atoms with E-state index in [1.165, 1.54) is 4.57 Å². The molecule has 3 aromatic heterocycles. The summed E-state index contributed by atoms with van der Waals surface area (Å²) in [7, 11) is 1.72. The van der Waals surface area contributed by atoms with Crippen LogP contribution in [0.4, 0.5) is 0 Å². The number of fused-ring (bicyclic) bond motifs is 1. The molecule has 1 amide bonds. The minimum atomic E-state index is -0.599. The van der Waals surface area contributed by atoms with E-state index in [1.807, 2.05) is 55.5 Å². The highest BCUT2D eigenvalue weighted by Gasteiger charge is 2.32. The predicted octanol–water partition coefficient (Wildman–Crippen LogP) is 3.63. The minimum Gasteiger partial charge on any atom is -0.329 e. The molecule has 1 atom stereocenters. The van der Waals surface area contributed by atoms with Gasteiger partial charge in [-0.3, -0.25) is 24.1 Å². The third-order valence-corrected chi connectivity index (χ3v) is 6.43. The minimum absolute atomic E-state index is 0.145. The van der Waals surface area contributed by atoms with Crippen LogP contribution in [0.25, 0.3) is 11.0 Å². The summed E-state index contributed by atoms with van der Waals surface area (Å²) in [4.78, 5) is 52.9. The van der Waals surface area contributed by atoms with Crippen molar-refractivity contribution in [2.45, 2.75) is 44.7 Å². The summed E-state index contributed by atoms with van der Waals surface area (Å²) >= 11 is 0. The van der Waals surface area contributed by atoms with Crippen molar-refractivity contribution in [2.24, 2.45) is 0 Å². The molecule has 1 saturated carbocycles. The molecular weight excluding hydrogens is 442 g/mol. The number of hydrogen-bond acceptors (Lipinski definition) is 5. The largest absolute Gasteiger partial charge is 0.329 e. The molecule has 0 bridgehead atoms. The lowest BCUT2D eigenvalue weighted by Gasteiger charge is -2.29. The molecule has 0 radical (unpaired) electrons. The van der Waals surface area contributed by atoms with Crippen LogP contribution in [0.1, 0.15) is 65.5 Å². The van der Waals surface area contributed by atoms with E-state index in [0.29, 0.717) is 18.7 Å². The van der Waals surface area contributed by atoms with Gasteiger partial charge in [0.1, 0.15) is 0 Å². The zero-order chi connectivity index (χ0) is 24.5. The number of nitrogens with one attached hydrogen (secondary N) is 1. The quantitative estimate of drug-likeness (QED) is 0.445. The Labute approximate surface area is 202 Å². The number of rotatable bonds is 7. The van der Waals surface area contributed by atoms with Gasteiger partial charge >= 0.3 is 5.69 Å². The van der Waals surface area contributed by atoms with Crippen molar-refractivity contribution >= 4 is 16.9 Å². The topological polar surface area (TPSA) is 101 Å². The average molecular weight is 470 g/mol. The van der Waals surface area contributed by atoms with Gasteiger partial charge in [-0.2, -0.15) is 0 Å². The van der Waals surface area contributed by atoms with Gasteiger partial charge in [0.05, 0.1) is 22.7 Å². The zero-order valence-electron chi connectivity index (χ0n) is 19.8. The first-order valence-corrected chi connectivity index (χ1v) is 11.9. The molecule has 0 spiro atoms. The number of hydrogen-bond donors (Lipinski definition) is 1. The maximum absolute atomic E-state index is 14.1. The Bertz CT molecular complexity index is 1450. The van der Waals surface area contributed by atoms with E-state index in [1.54, 1.807) is 24.2 Å². The van der Waals surface area contributed by atoms with Crippen LogP contribution in [0.2, 0.25) is 0 Å². The third kappa shape index (κ3) is 4.27. The van der Waals surface area contributed by atoms with Crippen molar-refractivity contribution in [1.29, 1.82) is 0 Å². The highest BCUT2D eigenvalue weighted by atomic mass is 16.2. The molecule has 1 fully saturated rings. The third-order valence-electron chi connectivity index (χ3n) is 6.43. The van der Waals surface area contributed by atoms with Gasteiger partial charge in [-0.1, -0.05) is 43.3 Å². The van der Waals surface area contributed by atoms with Crippen molar-refractivity contribution in [2.75, 3.05) is 7.05 Å². The predicted molar refractivity (Wildman–Crippen MR) is 134 cm³/mol. The SMILES string of the molecule is CCCn1c(=O)[nH]c(=O)c2c(C(=O)N(C)C(c3ccccc3)c3ccccn3)cc(C3CC3)nc21. The average Bonchev–Trinajstić information content (AvgIpc) is 3.72. The molecule has 1 N–H and O–H groups in total.